The van der Waals surface area contributed by atoms with Crippen LogP contribution in [-0.2, 0) is 19.4 Å². The average Bonchev–Trinajstić information content (AvgIpc) is 3.24. The van der Waals surface area contributed by atoms with Gasteiger partial charge in [0.15, 0.2) is 0 Å². The predicted molar refractivity (Wildman–Crippen MR) is 118 cm³/mol. The van der Waals surface area contributed by atoms with E-state index < -0.39 is 0 Å². The first-order chi connectivity index (χ1) is 14.0. The number of carbonyl (C=O) groups is 1. The largest absolute Gasteiger partial charge is 0.281 e. The zero-order valence-corrected chi connectivity index (χ0v) is 18.1. The van der Waals surface area contributed by atoms with Crippen molar-refractivity contribution >= 4 is 35.1 Å². The fourth-order valence-electron chi connectivity index (χ4n) is 3.60. The number of fused-ring (bicyclic) bond motifs is 1. The molecule has 2 aromatic heterocycles. The van der Waals surface area contributed by atoms with Crippen LogP contribution in [0.15, 0.2) is 41.5 Å². The SMILES string of the molecule is Cc1nn(Cc2ccccc2)c(Cl)c1/C=N/NC(=O)c1cc2c(s1)CCC(C)C2. The van der Waals surface area contributed by atoms with Crippen molar-refractivity contribution in [1.29, 1.82) is 0 Å². The van der Waals surface area contributed by atoms with Gasteiger partial charge in [-0.25, -0.2) is 10.1 Å². The first-order valence-corrected chi connectivity index (χ1v) is 10.9. The van der Waals surface area contributed by atoms with E-state index in [1.165, 1.54) is 16.9 Å². The van der Waals surface area contributed by atoms with E-state index >= 15 is 0 Å². The van der Waals surface area contributed by atoms with Crippen molar-refractivity contribution in [3.63, 3.8) is 0 Å². The molecule has 150 valence electrons. The van der Waals surface area contributed by atoms with Crippen LogP contribution in [0.5, 0.6) is 0 Å². The molecular formula is C22H23ClN4OS. The third-order valence-corrected chi connectivity index (χ3v) is 6.83. The summed E-state index contributed by atoms with van der Waals surface area (Å²) in [6.45, 7) is 4.72. The summed E-state index contributed by atoms with van der Waals surface area (Å²) < 4.78 is 1.74. The Morgan fingerprint density at radius 3 is 3.00 bits per heavy atom. The molecule has 1 N–H and O–H groups in total. The minimum absolute atomic E-state index is 0.182. The van der Waals surface area contributed by atoms with E-state index in [2.05, 4.69) is 22.5 Å². The molecule has 29 heavy (non-hydrogen) atoms. The monoisotopic (exact) mass is 426 g/mol. The van der Waals surface area contributed by atoms with Crippen molar-refractivity contribution in [2.24, 2.45) is 11.0 Å². The third-order valence-electron chi connectivity index (χ3n) is 5.20. The minimum atomic E-state index is -0.182. The lowest BCUT2D eigenvalue weighted by molar-refractivity contribution is 0.0959. The number of aryl methyl sites for hydroxylation is 2. The lowest BCUT2D eigenvalue weighted by Gasteiger charge is -2.16. The van der Waals surface area contributed by atoms with Gasteiger partial charge in [0.2, 0.25) is 0 Å². The van der Waals surface area contributed by atoms with Crippen molar-refractivity contribution in [2.45, 2.75) is 39.7 Å². The Hall–Kier alpha value is -2.44. The van der Waals surface area contributed by atoms with Gasteiger partial charge >= 0.3 is 0 Å². The first kappa shape index (κ1) is 19.9. The summed E-state index contributed by atoms with van der Waals surface area (Å²) in [4.78, 5) is 14.5. The standard InChI is InChI=1S/C22H23ClN4OS/c1-14-8-9-19-17(10-14)11-20(29-19)22(28)25-24-12-18-15(2)26-27(21(18)23)13-16-6-4-3-5-7-16/h3-7,11-12,14H,8-10,13H2,1-2H3,(H,25,28)/b24-12+. The number of benzene rings is 1. The van der Waals surface area contributed by atoms with Gasteiger partial charge in [-0.1, -0.05) is 48.9 Å². The van der Waals surface area contributed by atoms with Crippen LogP contribution in [0.25, 0.3) is 0 Å². The Bertz CT molecular complexity index is 1050. The Labute approximate surface area is 179 Å². The number of nitrogens with one attached hydrogen (secondary N) is 1. The molecular weight excluding hydrogens is 404 g/mol. The number of amides is 1. The molecule has 0 fully saturated rings. The first-order valence-electron chi connectivity index (χ1n) is 9.73. The van der Waals surface area contributed by atoms with Crippen LogP contribution in [0.2, 0.25) is 5.15 Å². The summed E-state index contributed by atoms with van der Waals surface area (Å²) >= 11 is 8.07. The Kier molecular flexibility index (Phi) is 5.83. The average molecular weight is 427 g/mol. The van der Waals surface area contributed by atoms with E-state index in [-0.39, 0.29) is 5.91 Å². The molecule has 0 bridgehead atoms. The summed E-state index contributed by atoms with van der Waals surface area (Å²) in [6.07, 6.45) is 4.88. The molecule has 4 rings (SSSR count). The fraction of sp³-hybridized carbons (Fsp3) is 0.318. The quantitative estimate of drug-likeness (QED) is 0.468. The Balaban J connectivity index is 1.44. The van der Waals surface area contributed by atoms with Gasteiger partial charge in [0.1, 0.15) is 5.15 Å². The van der Waals surface area contributed by atoms with Crippen LogP contribution in [0, 0.1) is 12.8 Å². The molecule has 1 amide bonds. The second-order valence-electron chi connectivity index (χ2n) is 7.54. The molecule has 1 aliphatic carbocycles. The van der Waals surface area contributed by atoms with E-state index in [0.29, 0.717) is 28.1 Å². The topological polar surface area (TPSA) is 59.3 Å². The van der Waals surface area contributed by atoms with Crippen molar-refractivity contribution in [3.8, 4) is 0 Å². The van der Waals surface area contributed by atoms with Gasteiger partial charge in [0.05, 0.1) is 28.9 Å². The molecule has 0 aliphatic heterocycles. The fourth-order valence-corrected chi connectivity index (χ4v) is 4.98. The molecule has 7 heteroatoms. The van der Waals surface area contributed by atoms with Crippen molar-refractivity contribution in [2.75, 3.05) is 0 Å². The van der Waals surface area contributed by atoms with E-state index in [4.69, 9.17) is 11.6 Å². The van der Waals surface area contributed by atoms with Gasteiger partial charge in [-0.3, -0.25) is 4.79 Å². The summed E-state index contributed by atoms with van der Waals surface area (Å²) in [5, 5.41) is 9.13. The van der Waals surface area contributed by atoms with Crippen LogP contribution >= 0.6 is 22.9 Å². The molecule has 1 unspecified atom stereocenters. The smallest absolute Gasteiger partial charge is 0.266 e. The van der Waals surface area contributed by atoms with Crippen molar-refractivity contribution in [3.05, 3.63) is 73.7 Å². The highest BCUT2D eigenvalue weighted by Crippen LogP contribution is 2.32. The molecule has 0 radical (unpaired) electrons. The van der Waals surface area contributed by atoms with Gasteiger partial charge in [0.25, 0.3) is 5.91 Å². The van der Waals surface area contributed by atoms with E-state index in [9.17, 15) is 4.79 Å². The summed E-state index contributed by atoms with van der Waals surface area (Å²) in [7, 11) is 0. The minimum Gasteiger partial charge on any atom is -0.266 e. The maximum atomic E-state index is 12.5. The normalized spacial score (nSPS) is 16.2. The van der Waals surface area contributed by atoms with Crippen LogP contribution in [0.3, 0.4) is 0 Å². The second kappa shape index (κ2) is 8.51. The van der Waals surface area contributed by atoms with Gasteiger partial charge < -0.3 is 0 Å². The number of thiophene rings is 1. The van der Waals surface area contributed by atoms with E-state index in [0.717, 1.165) is 24.1 Å². The van der Waals surface area contributed by atoms with Crippen molar-refractivity contribution < 1.29 is 4.79 Å². The van der Waals surface area contributed by atoms with Gasteiger partial charge in [0, 0.05) is 4.88 Å². The molecule has 1 atom stereocenters. The zero-order chi connectivity index (χ0) is 20.4. The number of nitrogens with zero attached hydrogens (tertiary/aromatic N) is 3. The number of halogens is 1. The summed E-state index contributed by atoms with van der Waals surface area (Å²) in [6, 6.07) is 12.0. The van der Waals surface area contributed by atoms with Crippen molar-refractivity contribution in [1.82, 2.24) is 15.2 Å². The van der Waals surface area contributed by atoms with Gasteiger partial charge in [-0.15, -0.1) is 11.3 Å². The second-order valence-corrected chi connectivity index (χ2v) is 9.03. The van der Waals surface area contributed by atoms with Crippen LogP contribution in [0.4, 0.5) is 0 Å². The zero-order valence-electron chi connectivity index (χ0n) is 16.5. The lowest BCUT2D eigenvalue weighted by atomic mass is 9.90. The van der Waals surface area contributed by atoms with Gasteiger partial charge in [-0.2, -0.15) is 10.2 Å². The van der Waals surface area contributed by atoms with Crippen LogP contribution in [-0.4, -0.2) is 21.9 Å². The number of hydrogen-bond donors (Lipinski definition) is 1. The molecule has 0 saturated heterocycles. The van der Waals surface area contributed by atoms with Gasteiger partial charge in [-0.05, 0) is 49.3 Å². The highest BCUT2D eigenvalue weighted by molar-refractivity contribution is 7.14. The molecule has 5 nitrogen and oxygen atoms in total. The number of rotatable bonds is 5. The van der Waals surface area contributed by atoms with Crippen LogP contribution < -0.4 is 5.43 Å². The highest BCUT2D eigenvalue weighted by atomic mass is 35.5. The maximum absolute atomic E-state index is 12.5. The molecule has 1 aromatic carbocycles. The summed E-state index contributed by atoms with van der Waals surface area (Å²) in [5.41, 5.74) is 6.53. The summed E-state index contributed by atoms with van der Waals surface area (Å²) in [5.74, 6) is 0.502. The predicted octanol–water partition coefficient (Wildman–Crippen LogP) is 4.84. The number of hydrazone groups is 1. The number of carbonyl (C=O) groups excluding carboxylic acids is 1. The Morgan fingerprint density at radius 1 is 1.41 bits per heavy atom. The molecule has 3 aromatic rings. The molecule has 1 aliphatic rings. The third kappa shape index (κ3) is 4.43. The molecule has 2 heterocycles. The van der Waals surface area contributed by atoms with E-state index in [1.807, 2.05) is 43.3 Å². The lowest BCUT2D eigenvalue weighted by Crippen LogP contribution is -2.16. The highest BCUT2D eigenvalue weighted by Gasteiger charge is 2.20. The Morgan fingerprint density at radius 2 is 2.21 bits per heavy atom. The van der Waals surface area contributed by atoms with Crippen LogP contribution in [0.1, 0.15) is 50.3 Å². The number of hydrogen-bond acceptors (Lipinski definition) is 4. The molecule has 0 saturated carbocycles. The van der Waals surface area contributed by atoms with E-state index in [1.54, 1.807) is 22.2 Å². The number of aromatic nitrogens is 2. The maximum Gasteiger partial charge on any atom is 0.281 e. The molecule has 0 spiro atoms.